The van der Waals surface area contributed by atoms with Crippen LogP contribution in [-0.2, 0) is 6.54 Å². The number of hydrogen-bond donors (Lipinski definition) is 1. The van der Waals surface area contributed by atoms with Crippen molar-refractivity contribution in [2.45, 2.75) is 42.3 Å². The first-order valence-corrected chi connectivity index (χ1v) is 8.74. The molecule has 1 N–H and O–H groups in total. The molecule has 0 radical (unpaired) electrons. The van der Waals surface area contributed by atoms with Crippen LogP contribution < -0.4 is 5.32 Å². The van der Waals surface area contributed by atoms with Gasteiger partial charge < -0.3 is 5.32 Å². The molecule has 0 saturated carbocycles. The number of thiophene rings is 1. The molecule has 1 aliphatic rings. The maximum atomic E-state index is 4.51. The molecule has 2 aromatic rings. The molecule has 0 amide bonds. The lowest BCUT2D eigenvalue weighted by Gasteiger charge is -2.27. The zero-order valence-corrected chi connectivity index (χ0v) is 12.9. The van der Waals surface area contributed by atoms with Gasteiger partial charge in [-0.15, -0.1) is 34.4 Å². The van der Waals surface area contributed by atoms with Gasteiger partial charge in [-0.2, -0.15) is 0 Å². The average Bonchev–Trinajstić information content (AvgIpc) is 2.94. The van der Waals surface area contributed by atoms with Gasteiger partial charge in [0.15, 0.2) is 0 Å². The Kier molecular flexibility index (Phi) is 3.75. The second kappa shape index (κ2) is 5.33. The van der Waals surface area contributed by atoms with Gasteiger partial charge >= 0.3 is 0 Å². The predicted molar refractivity (Wildman–Crippen MR) is 80.7 cm³/mol. The van der Waals surface area contributed by atoms with Crippen LogP contribution in [0.4, 0.5) is 0 Å². The fourth-order valence-corrected chi connectivity index (χ4v) is 5.44. The van der Waals surface area contributed by atoms with E-state index in [4.69, 9.17) is 0 Å². The van der Waals surface area contributed by atoms with Crippen molar-refractivity contribution in [3.63, 3.8) is 0 Å². The molecule has 0 spiro atoms. The van der Waals surface area contributed by atoms with Gasteiger partial charge in [-0.1, -0.05) is 6.92 Å². The van der Waals surface area contributed by atoms with Crippen molar-refractivity contribution in [2.75, 3.05) is 0 Å². The van der Waals surface area contributed by atoms with E-state index in [2.05, 4.69) is 41.0 Å². The third kappa shape index (κ3) is 2.64. The lowest BCUT2D eigenvalue weighted by molar-refractivity contribution is 0.485. The Morgan fingerprint density at radius 3 is 3.11 bits per heavy atom. The molecule has 96 valence electrons. The molecule has 2 nitrogen and oxygen atoms in total. The molecule has 0 aromatic carbocycles. The Hall–Kier alpha value is -0.360. The van der Waals surface area contributed by atoms with Crippen LogP contribution in [0.5, 0.6) is 0 Å². The smallest absolute Gasteiger partial charge is 0.0897 e. The van der Waals surface area contributed by atoms with E-state index in [1.54, 1.807) is 11.3 Å². The number of fused-ring (bicyclic) bond motifs is 1. The Bertz CT molecular complexity index is 532. The first-order valence-electron chi connectivity index (χ1n) is 6.11. The minimum atomic E-state index is 0.490. The van der Waals surface area contributed by atoms with Crippen molar-refractivity contribution in [3.8, 4) is 0 Å². The summed E-state index contributed by atoms with van der Waals surface area (Å²) in [4.78, 5) is 4.51. The van der Waals surface area contributed by atoms with Gasteiger partial charge in [-0.25, -0.2) is 4.98 Å². The van der Waals surface area contributed by atoms with E-state index in [0.29, 0.717) is 11.3 Å². The van der Waals surface area contributed by atoms with Gasteiger partial charge in [-0.05, 0) is 30.4 Å². The molecule has 1 aliphatic heterocycles. The van der Waals surface area contributed by atoms with Gasteiger partial charge in [0.25, 0.3) is 0 Å². The van der Waals surface area contributed by atoms with Gasteiger partial charge in [0.2, 0.25) is 0 Å². The van der Waals surface area contributed by atoms with Crippen molar-refractivity contribution < 1.29 is 0 Å². The summed E-state index contributed by atoms with van der Waals surface area (Å²) in [5.74, 6) is 0. The zero-order chi connectivity index (χ0) is 12.5. The number of hydrogen-bond acceptors (Lipinski definition) is 5. The summed E-state index contributed by atoms with van der Waals surface area (Å²) in [6.07, 6.45) is 1.21. The maximum Gasteiger partial charge on any atom is 0.0897 e. The molecular formula is C13H16N2S3. The number of nitrogens with zero attached hydrogens (tertiary/aromatic N) is 1. The van der Waals surface area contributed by atoms with Crippen LogP contribution in [0.15, 0.2) is 21.0 Å². The Morgan fingerprint density at radius 1 is 1.44 bits per heavy atom. The zero-order valence-electron chi connectivity index (χ0n) is 10.5. The van der Waals surface area contributed by atoms with Gasteiger partial charge in [0.1, 0.15) is 0 Å². The summed E-state index contributed by atoms with van der Waals surface area (Å²) in [6.45, 7) is 5.25. The lowest BCUT2D eigenvalue weighted by atomic mass is 10.0. The first-order chi connectivity index (χ1) is 8.72. The molecule has 1 unspecified atom stereocenters. The standard InChI is InChI=1S/C13H16N2S3/c1-8-5-12(11-3-4-16-13(11)18-8)14-6-10-7-17-9(2)15-10/h3-4,7-8,12,14H,5-6H2,1-2H3/t8-,12?/m0/s1. The molecule has 3 rings (SSSR count). The van der Waals surface area contributed by atoms with Crippen LogP contribution in [0.25, 0.3) is 0 Å². The lowest BCUT2D eigenvalue weighted by Crippen LogP contribution is -2.26. The highest BCUT2D eigenvalue weighted by Crippen LogP contribution is 2.43. The average molecular weight is 296 g/mol. The second-order valence-corrected chi connectivity index (χ2v) is 8.30. The van der Waals surface area contributed by atoms with Crippen molar-refractivity contribution in [2.24, 2.45) is 0 Å². The summed E-state index contributed by atoms with van der Waals surface area (Å²) in [7, 11) is 0. The normalized spacial score (nSPS) is 23.0. The van der Waals surface area contributed by atoms with Gasteiger partial charge in [0.05, 0.1) is 14.9 Å². The van der Waals surface area contributed by atoms with E-state index in [1.807, 2.05) is 23.1 Å². The summed E-state index contributed by atoms with van der Waals surface area (Å²) in [5, 5.41) is 9.87. The Balaban J connectivity index is 1.70. The van der Waals surface area contributed by atoms with Crippen LogP contribution in [0.3, 0.4) is 0 Å². The third-order valence-corrected chi connectivity index (χ3v) is 6.27. The first kappa shape index (κ1) is 12.7. The number of thiazole rings is 1. The molecule has 0 bridgehead atoms. The van der Waals surface area contributed by atoms with E-state index in [0.717, 1.165) is 11.6 Å². The monoisotopic (exact) mass is 296 g/mol. The highest BCUT2D eigenvalue weighted by Gasteiger charge is 2.25. The van der Waals surface area contributed by atoms with E-state index >= 15 is 0 Å². The molecule has 2 aromatic heterocycles. The van der Waals surface area contributed by atoms with Crippen LogP contribution >= 0.6 is 34.4 Å². The number of nitrogens with one attached hydrogen (secondary N) is 1. The number of thioether (sulfide) groups is 1. The highest BCUT2D eigenvalue weighted by atomic mass is 32.2. The van der Waals surface area contributed by atoms with Crippen LogP contribution in [0.2, 0.25) is 0 Å². The van der Waals surface area contributed by atoms with Gasteiger partial charge in [-0.3, -0.25) is 0 Å². The van der Waals surface area contributed by atoms with Crippen LogP contribution in [-0.4, -0.2) is 10.2 Å². The molecule has 0 aliphatic carbocycles. The fourth-order valence-electron chi connectivity index (χ4n) is 2.26. The van der Waals surface area contributed by atoms with E-state index in [-0.39, 0.29) is 0 Å². The Morgan fingerprint density at radius 2 is 2.33 bits per heavy atom. The number of rotatable bonds is 3. The highest BCUT2D eigenvalue weighted by molar-refractivity contribution is 8.01. The van der Waals surface area contributed by atoms with E-state index < -0.39 is 0 Å². The molecule has 18 heavy (non-hydrogen) atoms. The summed E-state index contributed by atoms with van der Waals surface area (Å²) in [5.41, 5.74) is 2.65. The summed E-state index contributed by atoms with van der Waals surface area (Å²) in [6, 6.07) is 2.76. The topological polar surface area (TPSA) is 24.9 Å². The molecular weight excluding hydrogens is 280 g/mol. The quantitative estimate of drug-likeness (QED) is 0.917. The molecule has 0 saturated heterocycles. The third-order valence-electron chi connectivity index (χ3n) is 3.11. The molecule has 2 atom stereocenters. The second-order valence-electron chi connectivity index (χ2n) is 4.62. The summed E-state index contributed by atoms with van der Waals surface area (Å²) < 4.78 is 1.49. The molecule has 5 heteroatoms. The maximum absolute atomic E-state index is 4.51. The largest absolute Gasteiger partial charge is 0.304 e. The minimum absolute atomic E-state index is 0.490. The fraction of sp³-hybridized carbons (Fsp3) is 0.462. The van der Waals surface area contributed by atoms with Crippen molar-refractivity contribution in [1.29, 1.82) is 0 Å². The van der Waals surface area contributed by atoms with E-state index in [1.165, 1.54) is 21.9 Å². The SMILES string of the molecule is Cc1nc(CNC2C[C@H](C)Sc3sccc32)cs1. The minimum Gasteiger partial charge on any atom is -0.304 e. The summed E-state index contributed by atoms with van der Waals surface area (Å²) >= 11 is 5.61. The molecule has 0 fully saturated rings. The molecule has 3 heterocycles. The Labute approximate surface area is 120 Å². The van der Waals surface area contributed by atoms with Crippen molar-refractivity contribution in [1.82, 2.24) is 10.3 Å². The predicted octanol–water partition coefficient (Wildman–Crippen LogP) is 4.23. The van der Waals surface area contributed by atoms with Crippen LogP contribution in [0.1, 0.15) is 35.7 Å². The van der Waals surface area contributed by atoms with Crippen molar-refractivity contribution in [3.05, 3.63) is 33.1 Å². The number of aryl methyl sites for hydroxylation is 1. The van der Waals surface area contributed by atoms with Gasteiger partial charge in [0, 0.05) is 23.2 Å². The van der Waals surface area contributed by atoms with Crippen molar-refractivity contribution >= 4 is 34.4 Å². The van der Waals surface area contributed by atoms with E-state index in [9.17, 15) is 0 Å². The number of aromatic nitrogens is 1. The van der Waals surface area contributed by atoms with Crippen LogP contribution in [0, 0.1) is 6.92 Å².